The molecule has 1 N–H and O–H groups in total. The molecule has 0 bridgehead atoms. The molecule has 0 saturated carbocycles. The van der Waals surface area contributed by atoms with Crippen LogP contribution in [0.3, 0.4) is 0 Å². The topological polar surface area (TPSA) is 72.3 Å². The minimum atomic E-state index is -0.395. The van der Waals surface area contributed by atoms with Crippen LogP contribution in [-0.2, 0) is 11.4 Å². The monoisotopic (exact) mass is 338 g/mol. The van der Waals surface area contributed by atoms with E-state index in [4.69, 9.17) is 16.4 Å². The summed E-state index contributed by atoms with van der Waals surface area (Å²) in [6.07, 6.45) is 6.12. The summed E-state index contributed by atoms with van der Waals surface area (Å²) in [6, 6.07) is 0. The second-order valence-electron chi connectivity index (χ2n) is 6.44. The van der Waals surface area contributed by atoms with Crippen molar-refractivity contribution < 1.29 is 4.84 Å². The van der Waals surface area contributed by atoms with E-state index in [0.717, 1.165) is 19.3 Å². The third-order valence-electron chi connectivity index (χ3n) is 3.28. The molecule has 0 atom stereocenters. The molecular weight excluding hydrogens is 316 g/mol. The highest BCUT2D eigenvalue weighted by Crippen LogP contribution is 2.22. The van der Waals surface area contributed by atoms with E-state index in [1.807, 2.05) is 20.8 Å². The first-order valence-electron chi connectivity index (χ1n) is 7.82. The molecule has 0 unspecified atom stereocenters. The van der Waals surface area contributed by atoms with E-state index in [0.29, 0.717) is 28.3 Å². The average molecular weight is 339 g/mol. The van der Waals surface area contributed by atoms with Crippen molar-refractivity contribution in [2.45, 2.75) is 59.1 Å². The fraction of sp³-hybridized carbons (Fsp3) is 0.562. The molecule has 6 nitrogen and oxygen atoms in total. The predicted molar refractivity (Wildman–Crippen MR) is 93.3 cm³/mol. The fourth-order valence-corrected chi connectivity index (χ4v) is 2.41. The summed E-state index contributed by atoms with van der Waals surface area (Å²) in [5, 5.41) is 4.44. The molecule has 126 valence electrons. The zero-order valence-electron chi connectivity index (χ0n) is 14.0. The van der Waals surface area contributed by atoms with Crippen molar-refractivity contribution in [3.8, 4) is 0 Å². The van der Waals surface area contributed by atoms with Gasteiger partial charge in [0.1, 0.15) is 5.60 Å². The van der Waals surface area contributed by atoms with Crippen molar-refractivity contribution in [1.82, 2.24) is 14.5 Å². The molecule has 2 aromatic heterocycles. The Balaban J connectivity index is 2.45. The lowest BCUT2D eigenvalue weighted by atomic mass is 10.2. The third kappa shape index (κ3) is 4.34. The number of fused-ring (bicyclic) bond motifs is 1. The van der Waals surface area contributed by atoms with Crippen molar-refractivity contribution in [2.75, 3.05) is 0 Å². The van der Waals surface area contributed by atoms with Gasteiger partial charge in [0, 0.05) is 18.3 Å². The molecule has 0 aliphatic carbocycles. The largest absolute Gasteiger partial charge is 0.390 e. The predicted octanol–water partition coefficient (Wildman–Crippen LogP) is 3.72. The third-order valence-corrected chi connectivity index (χ3v) is 3.58. The molecule has 0 amide bonds. The Bertz CT molecular complexity index is 756. The molecule has 0 spiro atoms. The standard InChI is InChI=1S/C16H23ClN4O2/c1-5-6-7-8-21-13-11(9-19-23-16(2,3)4)12(17)10-18-14(13)20-15(21)22/h9-10H,5-8H2,1-4H3,(H,18,20,22). The molecule has 2 rings (SSSR count). The van der Waals surface area contributed by atoms with Gasteiger partial charge in [-0.25, -0.2) is 9.78 Å². The molecule has 2 heterocycles. The van der Waals surface area contributed by atoms with Crippen LogP contribution in [0.4, 0.5) is 0 Å². The number of pyridine rings is 1. The molecule has 0 aliphatic rings. The number of H-pyrrole nitrogens is 1. The molecule has 0 aliphatic heterocycles. The summed E-state index contributed by atoms with van der Waals surface area (Å²) in [5.74, 6) is 0. The van der Waals surface area contributed by atoms with Crippen molar-refractivity contribution in [3.63, 3.8) is 0 Å². The summed E-state index contributed by atoms with van der Waals surface area (Å²) >= 11 is 6.26. The number of oxime groups is 1. The van der Waals surface area contributed by atoms with E-state index in [1.54, 1.807) is 10.8 Å². The highest BCUT2D eigenvalue weighted by Gasteiger charge is 2.15. The van der Waals surface area contributed by atoms with Crippen LogP contribution < -0.4 is 5.69 Å². The van der Waals surface area contributed by atoms with Crippen LogP contribution in [0.5, 0.6) is 0 Å². The SMILES string of the molecule is CCCCCn1c(=O)[nH]c2ncc(Cl)c(C=NOC(C)(C)C)c21. The maximum Gasteiger partial charge on any atom is 0.327 e. The Hall–Kier alpha value is -1.82. The number of rotatable bonds is 6. The van der Waals surface area contributed by atoms with Crippen molar-refractivity contribution in [2.24, 2.45) is 5.16 Å². The lowest BCUT2D eigenvalue weighted by molar-refractivity contribution is 0.00200. The maximum atomic E-state index is 12.2. The number of hydrogen-bond donors (Lipinski definition) is 1. The molecule has 0 aromatic carbocycles. The summed E-state index contributed by atoms with van der Waals surface area (Å²) < 4.78 is 1.67. The van der Waals surface area contributed by atoms with Gasteiger partial charge in [-0.3, -0.25) is 9.55 Å². The Morgan fingerprint density at radius 2 is 2.17 bits per heavy atom. The number of unbranched alkanes of at least 4 members (excludes halogenated alkanes) is 2. The molecule has 0 fully saturated rings. The normalized spacial score (nSPS) is 12.4. The molecule has 0 saturated heterocycles. The summed E-state index contributed by atoms with van der Waals surface area (Å²) in [7, 11) is 0. The van der Waals surface area contributed by atoms with Gasteiger partial charge in [0.15, 0.2) is 5.65 Å². The number of aromatic amines is 1. The van der Waals surface area contributed by atoms with E-state index in [1.165, 1.54) is 6.20 Å². The number of nitrogens with zero attached hydrogens (tertiary/aromatic N) is 3. The van der Waals surface area contributed by atoms with Crippen LogP contribution in [0.1, 0.15) is 52.5 Å². The molecule has 7 heteroatoms. The van der Waals surface area contributed by atoms with E-state index in [9.17, 15) is 4.79 Å². The van der Waals surface area contributed by atoms with Crippen molar-refractivity contribution in [3.05, 3.63) is 27.3 Å². The van der Waals surface area contributed by atoms with Crippen LogP contribution in [0.2, 0.25) is 5.02 Å². The fourth-order valence-electron chi connectivity index (χ4n) is 2.22. The Labute approximate surface area is 140 Å². The summed E-state index contributed by atoms with van der Waals surface area (Å²) in [6.45, 7) is 8.47. The number of nitrogens with one attached hydrogen (secondary N) is 1. The first-order valence-corrected chi connectivity index (χ1v) is 8.20. The van der Waals surface area contributed by atoms with Crippen LogP contribution in [0, 0.1) is 0 Å². The van der Waals surface area contributed by atoms with Gasteiger partial charge in [0.25, 0.3) is 0 Å². The number of halogens is 1. The van der Waals surface area contributed by atoms with E-state index >= 15 is 0 Å². The van der Waals surface area contributed by atoms with E-state index < -0.39 is 5.60 Å². The van der Waals surface area contributed by atoms with Gasteiger partial charge in [-0.1, -0.05) is 36.5 Å². The summed E-state index contributed by atoms with van der Waals surface area (Å²) in [4.78, 5) is 24.5. The van der Waals surface area contributed by atoms with Gasteiger partial charge in [0.2, 0.25) is 0 Å². The van der Waals surface area contributed by atoms with Crippen LogP contribution in [-0.4, -0.2) is 26.4 Å². The van der Waals surface area contributed by atoms with E-state index in [-0.39, 0.29) is 5.69 Å². The zero-order chi connectivity index (χ0) is 17.0. The Morgan fingerprint density at radius 3 is 2.83 bits per heavy atom. The minimum absolute atomic E-state index is 0.183. The first kappa shape index (κ1) is 17.5. The molecular formula is C16H23ClN4O2. The van der Waals surface area contributed by atoms with Crippen LogP contribution in [0.15, 0.2) is 16.1 Å². The highest BCUT2D eigenvalue weighted by atomic mass is 35.5. The highest BCUT2D eigenvalue weighted by molar-refractivity contribution is 6.34. The van der Waals surface area contributed by atoms with Crippen molar-refractivity contribution >= 4 is 29.0 Å². The Kier molecular flexibility index (Phi) is 5.46. The number of aryl methyl sites for hydroxylation is 1. The smallest absolute Gasteiger partial charge is 0.327 e. The second kappa shape index (κ2) is 7.17. The number of hydrogen-bond acceptors (Lipinski definition) is 4. The van der Waals surface area contributed by atoms with E-state index in [2.05, 4.69) is 22.0 Å². The minimum Gasteiger partial charge on any atom is -0.390 e. The van der Waals surface area contributed by atoms with Gasteiger partial charge in [-0.15, -0.1) is 0 Å². The molecule has 0 radical (unpaired) electrons. The van der Waals surface area contributed by atoms with Gasteiger partial charge >= 0.3 is 5.69 Å². The van der Waals surface area contributed by atoms with Gasteiger partial charge < -0.3 is 4.84 Å². The first-order chi connectivity index (χ1) is 10.8. The van der Waals surface area contributed by atoms with Gasteiger partial charge in [-0.05, 0) is 27.2 Å². The lowest BCUT2D eigenvalue weighted by Crippen LogP contribution is -2.17. The average Bonchev–Trinajstić information content (AvgIpc) is 2.77. The van der Waals surface area contributed by atoms with Gasteiger partial charge in [-0.2, -0.15) is 0 Å². The lowest BCUT2D eigenvalue weighted by Gasteiger charge is -2.15. The van der Waals surface area contributed by atoms with Crippen LogP contribution in [0.25, 0.3) is 11.2 Å². The van der Waals surface area contributed by atoms with Crippen molar-refractivity contribution in [1.29, 1.82) is 0 Å². The Morgan fingerprint density at radius 1 is 1.43 bits per heavy atom. The van der Waals surface area contributed by atoms with Gasteiger partial charge in [0.05, 0.1) is 16.8 Å². The number of imidazole rings is 1. The zero-order valence-corrected chi connectivity index (χ0v) is 14.8. The molecule has 23 heavy (non-hydrogen) atoms. The quantitative estimate of drug-likeness (QED) is 0.495. The van der Waals surface area contributed by atoms with Crippen LogP contribution >= 0.6 is 11.6 Å². The number of aromatic nitrogens is 3. The summed E-state index contributed by atoms with van der Waals surface area (Å²) in [5.41, 5.74) is 1.23. The maximum absolute atomic E-state index is 12.2. The molecule has 2 aromatic rings. The second-order valence-corrected chi connectivity index (χ2v) is 6.85.